The van der Waals surface area contributed by atoms with Crippen molar-refractivity contribution in [1.29, 1.82) is 0 Å². The minimum atomic E-state index is -1.54. The molecule has 12 heteroatoms. The Morgan fingerprint density at radius 1 is 1.08 bits per heavy atom. The molecule has 0 spiro atoms. The van der Waals surface area contributed by atoms with Crippen LogP contribution < -0.4 is 15.0 Å². The number of anilines is 1. The number of hydrogen-bond acceptors (Lipinski definition) is 6. The molecule has 3 aromatic carbocycles. The number of carbonyl (C=O) groups is 4. The van der Waals surface area contributed by atoms with Crippen molar-refractivity contribution in [1.82, 2.24) is 15.1 Å². The van der Waals surface area contributed by atoms with Gasteiger partial charge in [0.25, 0.3) is 5.91 Å². The van der Waals surface area contributed by atoms with E-state index in [1.165, 1.54) is 11.6 Å². The molecule has 1 aliphatic heterocycles. The summed E-state index contributed by atoms with van der Waals surface area (Å²) in [6.45, 7) is 3.38. The van der Waals surface area contributed by atoms with E-state index in [1.807, 2.05) is 54.4 Å². The van der Waals surface area contributed by atoms with Gasteiger partial charge in [0, 0.05) is 46.6 Å². The predicted octanol–water partition coefficient (Wildman–Crippen LogP) is 5.53. The number of ether oxygens (including phenoxy) is 1. The molecule has 0 unspecified atom stereocenters. The first kappa shape index (κ1) is 32.8. The van der Waals surface area contributed by atoms with Crippen LogP contribution in [0.3, 0.4) is 0 Å². The molecule has 1 aliphatic carbocycles. The smallest absolute Gasteiger partial charge is 0.326 e. The van der Waals surface area contributed by atoms with E-state index in [4.69, 9.17) is 21.4 Å². The van der Waals surface area contributed by atoms with Crippen molar-refractivity contribution < 1.29 is 34.1 Å². The van der Waals surface area contributed by atoms with Crippen molar-refractivity contribution in [2.45, 2.75) is 51.1 Å². The maximum Gasteiger partial charge on any atom is 0.326 e. The van der Waals surface area contributed by atoms with Crippen LogP contribution in [0.15, 0.2) is 73.1 Å². The molecule has 2 aliphatic rings. The number of hydrogen-bond donors (Lipinski definition) is 3. The molecule has 3 N–H and O–H groups in total. The third kappa shape index (κ3) is 7.21. The average molecular weight is 671 g/mol. The van der Waals surface area contributed by atoms with Gasteiger partial charge in [0.15, 0.2) is 0 Å². The second kappa shape index (κ2) is 13.9. The molecule has 1 fully saturated rings. The van der Waals surface area contributed by atoms with Crippen LogP contribution in [-0.2, 0) is 20.9 Å². The second-order valence-corrected chi connectivity index (χ2v) is 12.7. The van der Waals surface area contributed by atoms with E-state index in [2.05, 4.69) is 16.5 Å². The highest BCUT2D eigenvalue weighted by Gasteiger charge is 2.47. The van der Waals surface area contributed by atoms with E-state index < -0.39 is 30.3 Å². The zero-order valence-corrected chi connectivity index (χ0v) is 27.0. The number of carbonyl (C=O) groups excluding carboxylic acids is 2. The van der Waals surface area contributed by atoms with Gasteiger partial charge in [0.2, 0.25) is 5.91 Å². The lowest BCUT2D eigenvalue weighted by Crippen LogP contribution is -2.42. The number of amides is 2. The number of aromatic nitrogens is 2. The molecular formula is C36H35ClN4O7. The summed E-state index contributed by atoms with van der Waals surface area (Å²) in [5.41, 5.74) is 5.92. The van der Waals surface area contributed by atoms with Gasteiger partial charge in [0.05, 0.1) is 25.8 Å². The minimum Gasteiger partial charge on any atom is -0.493 e. The Morgan fingerprint density at radius 2 is 1.88 bits per heavy atom. The SMILES string of the molecule is Cc1c(Cl)cccc1OCCCC(=O)N1C[C@@H]2C[C@@H]2c2c(-c3cnn(Cc4cccc(C(=O)N[C@@H](CC(=O)O)C(=O)O)c4)c3)cccc21. The number of carboxylic acid groups (broad SMARTS) is 2. The van der Waals surface area contributed by atoms with Crippen LogP contribution >= 0.6 is 11.6 Å². The molecule has 0 bridgehead atoms. The van der Waals surface area contributed by atoms with Gasteiger partial charge < -0.3 is 25.2 Å². The van der Waals surface area contributed by atoms with Crippen LogP contribution in [0, 0.1) is 12.8 Å². The molecule has 0 radical (unpaired) electrons. The topological polar surface area (TPSA) is 151 Å². The largest absolute Gasteiger partial charge is 0.493 e. The summed E-state index contributed by atoms with van der Waals surface area (Å²) in [5, 5.41) is 25.7. The highest BCUT2D eigenvalue weighted by Crippen LogP contribution is 2.57. The minimum absolute atomic E-state index is 0.0717. The van der Waals surface area contributed by atoms with Crippen LogP contribution in [0.5, 0.6) is 5.75 Å². The number of aliphatic carboxylic acids is 2. The second-order valence-electron chi connectivity index (χ2n) is 12.2. The molecule has 2 heterocycles. The van der Waals surface area contributed by atoms with E-state index in [9.17, 15) is 24.3 Å². The first-order valence-corrected chi connectivity index (χ1v) is 16.1. The van der Waals surface area contributed by atoms with E-state index in [0.29, 0.717) is 49.4 Å². The number of rotatable bonds is 13. The third-order valence-electron chi connectivity index (χ3n) is 8.86. The zero-order chi connectivity index (χ0) is 33.9. The maximum absolute atomic E-state index is 13.5. The van der Waals surface area contributed by atoms with E-state index >= 15 is 0 Å². The Labute approximate surface area is 282 Å². The van der Waals surface area contributed by atoms with Gasteiger partial charge in [-0.2, -0.15) is 5.10 Å². The number of carboxylic acids is 2. The molecule has 2 amide bonds. The van der Waals surface area contributed by atoms with Gasteiger partial charge in [-0.05, 0) is 78.6 Å². The normalized spacial score (nSPS) is 16.8. The number of benzene rings is 3. The number of nitrogens with zero attached hydrogens (tertiary/aromatic N) is 3. The molecule has 1 aromatic heterocycles. The molecule has 248 valence electrons. The van der Waals surface area contributed by atoms with Crippen LogP contribution in [0.1, 0.15) is 58.6 Å². The Balaban J connectivity index is 1.13. The van der Waals surface area contributed by atoms with Crippen LogP contribution in [0.25, 0.3) is 11.1 Å². The summed E-state index contributed by atoms with van der Waals surface area (Å²) in [7, 11) is 0. The van der Waals surface area contributed by atoms with E-state index in [1.54, 1.807) is 23.0 Å². The molecule has 48 heavy (non-hydrogen) atoms. The van der Waals surface area contributed by atoms with Gasteiger partial charge in [-0.3, -0.25) is 19.1 Å². The van der Waals surface area contributed by atoms with Crippen molar-refractivity contribution in [3.05, 3.63) is 100 Å². The monoisotopic (exact) mass is 670 g/mol. The fraction of sp³-hybridized carbons (Fsp3) is 0.306. The summed E-state index contributed by atoms with van der Waals surface area (Å²) in [6, 6.07) is 16.7. The summed E-state index contributed by atoms with van der Waals surface area (Å²) >= 11 is 6.20. The third-order valence-corrected chi connectivity index (χ3v) is 9.27. The van der Waals surface area contributed by atoms with Crippen molar-refractivity contribution in [3.63, 3.8) is 0 Å². The summed E-state index contributed by atoms with van der Waals surface area (Å²) in [6.07, 6.45) is 4.98. The van der Waals surface area contributed by atoms with E-state index in [0.717, 1.165) is 40.1 Å². The lowest BCUT2D eigenvalue weighted by Gasteiger charge is -2.30. The standard InChI is InChI=1S/C36H35ClN4O7/c1-21-28(37)9-4-11-31(21)48-13-5-12-32(42)41-20-24-15-27(24)34-26(8-3-10-30(34)41)25-17-38-40(19-25)18-22-6-2-7-23(14-22)35(45)39-29(36(46)47)16-33(43)44/h2-4,6-11,14,17,19,24,27,29H,5,12-13,15-16,18,20H2,1H3,(H,39,45)(H,43,44)(H,46,47)/t24-,27-,29-/m0/s1. The number of nitrogens with one attached hydrogen (secondary N) is 1. The Kier molecular flexibility index (Phi) is 9.49. The van der Waals surface area contributed by atoms with Gasteiger partial charge in [-0.15, -0.1) is 0 Å². The quantitative estimate of drug-likeness (QED) is 0.157. The molecular weight excluding hydrogens is 636 g/mol. The Morgan fingerprint density at radius 3 is 2.67 bits per heavy atom. The lowest BCUT2D eigenvalue weighted by molar-refractivity contribution is -0.145. The van der Waals surface area contributed by atoms with Gasteiger partial charge in [-0.1, -0.05) is 41.9 Å². The molecule has 6 rings (SSSR count). The van der Waals surface area contributed by atoms with Crippen molar-refractivity contribution in [2.75, 3.05) is 18.1 Å². The highest BCUT2D eigenvalue weighted by atomic mass is 35.5. The molecule has 0 saturated heterocycles. The first-order chi connectivity index (χ1) is 23.1. The van der Waals surface area contributed by atoms with Crippen LogP contribution in [0.2, 0.25) is 5.02 Å². The average Bonchev–Trinajstić information content (AvgIpc) is 3.71. The molecule has 1 saturated carbocycles. The van der Waals surface area contributed by atoms with E-state index in [-0.39, 0.29) is 11.5 Å². The van der Waals surface area contributed by atoms with Crippen molar-refractivity contribution in [2.24, 2.45) is 5.92 Å². The number of halogens is 1. The summed E-state index contributed by atoms with van der Waals surface area (Å²) in [5.74, 6) is -1.81. The van der Waals surface area contributed by atoms with Gasteiger partial charge >= 0.3 is 11.9 Å². The Hall–Kier alpha value is -5.16. The molecule has 4 aromatic rings. The Bertz CT molecular complexity index is 1890. The summed E-state index contributed by atoms with van der Waals surface area (Å²) in [4.78, 5) is 50.5. The van der Waals surface area contributed by atoms with Crippen LogP contribution in [-0.4, -0.2) is 62.9 Å². The first-order valence-electron chi connectivity index (χ1n) is 15.8. The lowest BCUT2D eigenvalue weighted by atomic mass is 9.92. The summed E-state index contributed by atoms with van der Waals surface area (Å²) < 4.78 is 7.66. The van der Waals surface area contributed by atoms with Crippen molar-refractivity contribution >= 4 is 41.0 Å². The predicted molar refractivity (Wildman–Crippen MR) is 178 cm³/mol. The number of fused-ring (bicyclic) bond motifs is 3. The van der Waals surface area contributed by atoms with Gasteiger partial charge in [0.1, 0.15) is 11.8 Å². The maximum atomic E-state index is 13.5. The van der Waals surface area contributed by atoms with Crippen molar-refractivity contribution in [3.8, 4) is 16.9 Å². The molecule has 11 nitrogen and oxygen atoms in total. The van der Waals surface area contributed by atoms with Crippen LogP contribution in [0.4, 0.5) is 5.69 Å². The fourth-order valence-corrected chi connectivity index (χ4v) is 6.46. The van der Waals surface area contributed by atoms with Gasteiger partial charge in [-0.25, -0.2) is 4.79 Å². The highest BCUT2D eigenvalue weighted by molar-refractivity contribution is 6.31. The zero-order valence-electron chi connectivity index (χ0n) is 26.3. The molecule has 3 atom stereocenters. The fourth-order valence-electron chi connectivity index (χ4n) is 6.29.